The van der Waals surface area contributed by atoms with Crippen molar-refractivity contribution in [3.8, 4) is 0 Å². The van der Waals surface area contributed by atoms with Gasteiger partial charge in [0.05, 0.1) is 5.83 Å². The number of hydrogen-bond donors (Lipinski definition) is 1. The molecule has 0 nitrogen and oxygen atoms in total. The third kappa shape index (κ3) is 6.02. The first kappa shape index (κ1) is 7.02. The molecule has 0 aromatic heterocycles. The van der Waals surface area contributed by atoms with E-state index in [-0.39, 0.29) is 11.1 Å². The minimum absolute atomic E-state index is 0.0324. The molecule has 0 saturated heterocycles. The second-order valence-corrected chi connectivity index (χ2v) is 2.31. The van der Waals surface area contributed by atoms with Crippen molar-refractivity contribution in [3.63, 3.8) is 0 Å². The van der Waals surface area contributed by atoms with Crippen molar-refractivity contribution in [2.75, 3.05) is 0 Å². The molecule has 0 spiro atoms. The van der Waals surface area contributed by atoms with Gasteiger partial charge in [-0.3, -0.25) is 0 Å². The van der Waals surface area contributed by atoms with Gasteiger partial charge >= 0.3 is 0 Å². The van der Waals surface area contributed by atoms with Gasteiger partial charge in [0, 0.05) is 5.25 Å². The molecule has 0 aromatic rings. The monoisotopic (exact) mass is 120 g/mol. The average Bonchev–Trinajstić information content (AvgIpc) is 1.27. The summed E-state index contributed by atoms with van der Waals surface area (Å²) >= 11 is 3.92. The molecule has 7 heavy (non-hydrogen) atoms. The van der Waals surface area contributed by atoms with E-state index in [0.29, 0.717) is 0 Å². The second-order valence-electron chi connectivity index (χ2n) is 1.49. The van der Waals surface area contributed by atoms with Crippen LogP contribution in [0.2, 0.25) is 0 Å². The fraction of sp³-hybridized carbons (Fsp3) is 0.600. The summed E-state index contributed by atoms with van der Waals surface area (Å²) < 4.78 is 11.8. The Morgan fingerprint density at radius 1 is 1.86 bits per heavy atom. The van der Waals surface area contributed by atoms with Crippen LogP contribution in [0.5, 0.6) is 0 Å². The normalized spacial score (nSPS) is 16.9. The maximum Gasteiger partial charge on any atom is 0.0939 e. The van der Waals surface area contributed by atoms with Crippen LogP contribution in [0, 0.1) is 0 Å². The zero-order valence-electron chi connectivity index (χ0n) is 4.48. The first-order valence-electron chi connectivity index (χ1n) is 2.15. The number of halogens is 1. The average molecular weight is 120 g/mol. The van der Waals surface area contributed by atoms with Gasteiger partial charge in [-0.05, 0) is 19.9 Å². The predicted octanol–water partition coefficient (Wildman–Crippen LogP) is 2.18. The highest BCUT2D eigenvalue weighted by atomic mass is 32.1. The Labute approximate surface area is 48.8 Å². The van der Waals surface area contributed by atoms with E-state index < -0.39 is 0 Å². The summed E-state index contributed by atoms with van der Waals surface area (Å²) in [4.78, 5) is 0. The molecule has 0 heterocycles. The van der Waals surface area contributed by atoms with E-state index in [1.165, 1.54) is 13.0 Å². The van der Waals surface area contributed by atoms with Gasteiger partial charge in [-0.25, -0.2) is 4.39 Å². The molecule has 0 bridgehead atoms. The molecule has 0 saturated carbocycles. The van der Waals surface area contributed by atoms with Crippen LogP contribution in [0.15, 0.2) is 11.9 Å². The van der Waals surface area contributed by atoms with Crippen molar-refractivity contribution in [2.24, 2.45) is 0 Å². The molecule has 0 N–H and O–H groups in total. The molecule has 1 unspecified atom stereocenters. The first-order chi connectivity index (χ1) is 3.13. The summed E-state index contributed by atoms with van der Waals surface area (Å²) in [5.41, 5.74) is 0. The Hall–Kier alpha value is 0.0200. The molecule has 0 rings (SSSR count). The van der Waals surface area contributed by atoms with Gasteiger partial charge in [-0.2, -0.15) is 12.6 Å². The quantitative estimate of drug-likeness (QED) is 0.504. The van der Waals surface area contributed by atoms with Gasteiger partial charge in [-0.1, -0.05) is 0 Å². The molecule has 0 amide bonds. The van der Waals surface area contributed by atoms with Crippen molar-refractivity contribution in [2.45, 2.75) is 19.1 Å². The molecular weight excluding hydrogens is 111 g/mol. The van der Waals surface area contributed by atoms with E-state index >= 15 is 0 Å². The number of thiol groups is 1. The molecule has 0 fully saturated rings. The number of rotatable bonds is 1. The summed E-state index contributed by atoms with van der Waals surface area (Å²) in [6, 6.07) is 0. The van der Waals surface area contributed by atoms with Gasteiger partial charge in [0.2, 0.25) is 0 Å². The fourth-order valence-electron chi connectivity index (χ4n) is 0.332. The zero-order valence-corrected chi connectivity index (χ0v) is 5.37. The van der Waals surface area contributed by atoms with E-state index in [1.54, 1.807) is 0 Å². The highest BCUT2D eigenvalue weighted by Gasteiger charge is 1.86. The maximum absolute atomic E-state index is 11.8. The lowest BCUT2D eigenvalue weighted by Gasteiger charge is -1.89. The summed E-state index contributed by atoms with van der Waals surface area (Å²) in [6.45, 7) is 3.22. The Bertz CT molecular complexity index is 72.1. The van der Waals surface area contributed by atoms with Crippen LogP contribution in [-0.4, -0.2) is 5.25 Å². The van der Waals surface area contributed by atoms with Gasteiger partial charge in [0.15, 0.2) is 0 Å². The van der Waals surface area contributed by atoms with Crippen molar-refractivity contribution in [3.05, 3.63) is 11.9 Å². The summed E-state index contributed by atoms with van der Waals surface area (Å²) in [5.74, 6) is -0.164. The van der Waals surface area contributed by atoms with Crippen LogP contribution in [0.4, 0.5) is 4.39 Å². The number of allylic oxidation sites excluding steroid dienone is 1. The van der Waals surface area contributed by atoms with Gasteiger partial charge < -0.3 is 0 Å². The molecule has 42 valence electrons. The van der Waals surface area contributed by atoms with E-state index in [0.717, 1.165) is 0 Å². The lowest BCUT2D eigenvalue weighted by Crippen LogP contribution is -1.81. The molecule has 0 aliphatic rings. The van der Waals surface area contributed by atoms with Crippen molar-refractivity contribution < 1.29 is 4.39 Å². The van der Waals surface area contributed by atoms with Crippen LogP contribution in [0.25, 0.3) is 0 Å². The van der Waals surface area contributed by atoms with Crippen LogP contribution in [0.1, 0.15) is 13.8 Å². The molecular formula is C5H9FS. The predicted molar refractivity (Wildman–Crippen MR) is 33.3 cm³/mol. The minimum atomic E-state index is -0.164. The van der Waals surface area contributed by atoms with Crippen molar-refractivity contribution in [1.29, 1.82) is 0 Å². The second kappa shape index (κ2) is 3.08. The topological polar surface area (TPSA) is 0 Å². The third-order valence-electron chi connectivity index (χ3n) is 0.471. The summed E-state index contributed by atoms with van der Waals surface area (Å²) in [5, 5.41) is 0.0324. The highest BCUT2D eigenvalue weighted by Crippen LogP contribution is 2.00. The first-order valence-corrected chi connectivity index (χ1v) is 2.66. The molecule has 1 atom stereocenters. The lowest BCUT2D eigenvalue weighted by atomic mass is 10.4. The lowest BCUT2D eigenvalue weighted by molar-refractivity contribution is 0.635. The summed E-state index contributed by atoms with van der Waals surface area (Å²) in [7, 11) is 0. The van der Waals surface area contributed by atoms with E-state index in [2.05, 4.69) is 12.6 Å². The van der Waals surface area contributed by atoms with E-state index in [4.69, 9.17) is 0 Å². The molecule has 0 aliphatic carbocycles. The van der Waals surface area contributed by atoms with Crippen molar-refractivity contribution in [1.82, 2.24) is 0 Å². The molecule has 0 aliphatic heterocycles. The SMILES string of the molecule is CC(F)=CC(C)S. The van der Waals surface area contributed by atoms with E-state index in [9.17, 15) is 4.39 Å². The third-order valence-corrected chi connectivity index (χ3v) is 0.620. The van der Waals surface area contributed by atoms with Crippen LogP contribution < -0.4 is 0 Å². The minimum Gasteiger partial charge on any atom is -0.212 e. The van der Waals surface area contributed by atoms with Crippen LogP contribution in [0.3, 0.4) is 0 Å². The van der Waals surface area contributed by atoms with Crippen LogP contribution in [-0.2, 0) is 0 Å². The maximum atomic E-state index is 11.8. The Balaban J connectivity index is 3.45. The van der Waals surface area contributed by atoms with Gasteiger partial charge in [0.1, 0.15) is 0 Å². The zero-order chi connectivity index (χ0) is 5.86. The molecule has 0 aromatic carbocycles. The fourth-order valence-corrected chi connectivity index (χ4v) is 0.538. The molecule has 2 heteroatoms. The smallest absolute Gasteiger partial charge is 0.0939 e. The van der Waals surface area contributed by atoms with Gasteiger partial charge in [-0.15, -0.1) is 0 Å². The summed E-state index contributed by atoms with van der Waals surface area (Å²) in [6.07, 6.45) is 1.45. The standard InChI is InChI=1S/C5H9FS/c1-4(6)3-5(2)7/h3,5,7H,1-2H3. The van der Waals surface area contributed by atoms with Gasteiger partial charge in [0.25, 0.3) is 0 Å². The Kier molecular flexibility index (Phi) is 3.09. The highest BCUT2D eigenvalue weighted by molar-refractivity contribution is 7.81. The Morgan fingerprint density at radius 3 is 2.29 bits per heavy atom. The Morgan fingerprint density at radius 2 is 2.29 bits per heavy atom. The van der Waals surface area contributed by atoms with Crippen molar-refractivity contribution >= 4 is 12.6 Å². The number of hydrogen-bond acceptors (Lipinski definition) is 1. The van der Waals surface area contributed by atoms with Crippen LogP contribution >= 0.6 is 12.6 Å². The van der Waals surface area contributed by atoms with E-state index in [1.807, 2.05) is 6.92 Å². The largest absolute Gasteiger partial charge is 0.212 e. The molecule has 0 radical (unpaired) electrons.